The van der Waals surface area contributed by atoms with Gasteiger partial charge in [-0.15, -0.1) is 0 Å². The van der Waals surface area contributed by atoms with Crippen molar-refractivity contribution in [2.24, 2.45) is 29.1 Å². The van der Waals surface area contributed by atoms with Gasteiger partial charge in [0.25, 0.3) is 5.91 Å². The lowest BCUT2D eigenvalue weighted by Crippen LogP contribution is -2.68. The van der Waals surface area contributed by atoms with Crippen LogP contribution in [0.15, 0.2) is 18.2 Å². The number of alkyl halides is 1. The van der Waals surface area contributed by atoms with E-state index in [4.69, 9.17) is 0 Å². The maximum Gasteiger partial charge on any atom is 0.260 e. The van der Waals surface area contributed by atoms with Gasteiger partial charge >= 0.3 is 0 Å². The van der Waals surface area contributed by atoms with Crippen LogP contribution in [-0.4, -0.2) is 51.5 Å². The van der Waals surface area contributed by atoms with Crippen LogP contribution in [0.25, 0.3) is 0 Å². The first-order valence-corrected chi connectivity index (χ1v) is 12.4. The predicted molar refractivity (Wildman–Crippen MR) is 117 cm³/mol. The Balaban J connectivity index is 1.49. The molecule has 3 saturated carbocycles. The smallest absolute Gasteiger partial charge is 0.260 e. The average molecular weight is 466 g/mol. The van der Waals surface area contributed by atoms with E-state index in [0.717, 1.165) is 25.0 Å². The quantitative estimate of drug-likeness (QED) is 0.643. The lowest BCUT2D eigenvalue weighted by atomic mass is 9.44. The highest BCUT2D eigenvalue weighted by atomic mass is 19.1. The molecule has 1 saturated heterocycles. The molecule has 1 aromatic carbocycles. The van der Waals surface area contributed by atoms with Gasteiger partial charge in [0.2, 0.25) is 0 Å². The fourth-order valence-corrected chi connectivity index (χ4v) is 8.43. The van der Waals surface area contributed by atoms with Gasteiger partial charge in [0, 0.05) is 18.5 Å². The number of hydrogen-bond donors (Lipinski definition) is 2. The van der Waals surface area contributed by atoms with E-state index in [-0.39, 0.29) is 30.1 Å². The molecule has 182 valence electrons. The molecule has 5 rings (SSSR count). The topological polar surface area (TPSA) is 60.8 Å². The van der Waals surface area contributed by atoms with Crippen molar-refractivity contribution in [3.63, 3.8) is 0 Å². The van der Waals surface area contributed by atoms with Crippen molar-refractivity contribution in [1.82, 2.24) is 4.90 Å². The summed E-state index contributed by atoms with van der Waals surface area (Å²) in [6.45, 7) is 4.32. The summed E-state index contributed by atoms with van der Waals surface area (Å²) in [5, 5.41) is 20.9. The number of fused-ring (bicyclic) bond motifs is 5. The standard InChI is InChI=1S/C26H34F3NO3/c1-25-11-10-20(31)23(32)16(25)9-8-14-15-5-4-12-30(26(15,2)13-19(29)22(14)25)24(33)21-17(27)6-3-7-18(21)28/h3,6-7,14-16,19-20,22-23,31-32H,4-5,8-13H2,1-2H3/t14-,15-,16?,19-,20-,22+,23+,25-,26-/m0/s1. The summed E-state index contributed by atoms with van der Waals surface area (Å²) in [6, 6.07) is 3.40. The highest BCUT2D eigenvalue weighted by Crippen LogP contribution is 2.64. The van der Waals surface area contributed by atoms with Crippen molar-refractivity contribution in [2.75, 3.05) is 6.54 Å². The minimum absolute atomic E-state index is 0.0310. The second-order valence-electron chi connectivity index (χ2n) is 11.4. The molecule has 4 nitrogen and oxygen atoms in total. The summed E-state index contributed by atoms with van der Waals surface area (Å²) >= 11 is 0. The summed E-state index contributed by atoms with van der Waals surface area (Å²) in [5.74, 6) is -2.81. The lowest BCUT2D eigenvalue weighted by Gasteiger charge is -2.65. The zero-order valence-electron chi connectivity index (χ0n) is 19.3. The number of likely N-dealkylation sites (tertiary alicyclic amines) is 1. The first-order chi connectivity index (χ1) is 15.6. The van der Waals surface area contributed by atoms with Crippen LogP contribution >= 0.6 is 0 Å². The summed E-state index contributed by atoms with van der Waals surface area (Å²) in [7, 11) is 0. The van der Waals surface area contributed by atoms with Crippen LogP contribution < -0.4 is 0 Å². The largest absolute Gasteiger partial charge is 0.390 e. The summed E-state index contributed by atoms with van der Waals surface area (Å²) in [5.41, 5.74) is -1.79. The van der Waals surface area contributed by atoms with E-state index in [1.807, 2.05) is 6.92 Å². The molecule has 0 spiro atoms. The Morgan fingerprint density at radius 1 is 1.06 bits per heavy atom. The molecule has 1 heterocycles. The molecular weight excluding hydrogens is 431 g/mol. The van der Waals surface area contributed by atoms with Crippen LogP contribution in [0, 0.1) is 40.7 Å². The minimum Gasteiger partial charge on any atom is -0.390 e. The normalized spacial score (nSPS) is 45.1. The van der Waals surface area contributed by atoms with Gasteiger partial charge in [-0.05, 0) is 86.7 Å². The third-order valence-corrected chi connectivity index (χ3v) is 9.91. The second kappa shape index (κ2) is 7.98. The average Bonchev–Trinajstić information content (AvgIpc) is 2.75. The van der Waals surface area contributed by atoms with Crippen molar-refractivity contribution in [3.8, 4) is 0 Å². The van der Waals surface area contributed by atoms with Crippen molar-refractivity contribution in [2.45, 2.75) is 82.7 Å². The highest BCUT2D eigenvalue weighted by molar-refractivity contribution is 5.95. The maximum absolute atomic E-state index is 16.1. The van der Waals surface area contributed by atoms with E-state index in [2.05, 4.69) is 6.92 Å². The van der Waals surface area contributed by atoms with Gasteiger partial charge in [0.05, 0.1) is 12.2 Å². The van der Waals surface area contributed by atoms with Gasteiger partial charge < -0.3 is 15.1 Å². The van der Waals surface area contributed by atoms with Crippen LogP contribution in [0.4, 0.5) is 13.2 Å². The molecule has 9 atom stereocenters. The Morgan fingerprint density at radius 2 is 1.76 bits per heavy atom. The molecule has 1 aromatic rings. The highest BCUT2D eigenvalue weighted by Gasteiger charge is 2.64. The lowest BCUT2D eigenvalue weighted by molar-refractivity contribution is -0.200. The molecule has 33 heavy (non-hydrogen) atoms. The van der Waals surface area contributed by atoms with Crippen molar-refractivity contribution in [3.05, 3.63) is 35.4 Å². The van der Waals surface area contributed by atoms with Gasteiger partial charge in [0.15, 0.2) is 0 Å². The number of rotatable bonds is 1. The van der Waals surface area contributed by atoms with Crippen LogP contribution in [0.1, 0.15) is 69.2 Å². The Morgan fingerprint density at radius 3 is 2.45 bits per heavy atom. The van der Waals surface area contributed by atoms with Gasteiger partial charge in [-0.3, -0.25) is 4.79 Å². The van der Waals surface area contributed by atoms with Gasteiger partial charge in [-0.2, -0.15) is 0 Å². The third-order valence-electron chi connectivity index (χ3n) is 9.91. The number of aliphatic hydroxyl groups is 2. The van der Waals surface area contributed by atoms with Crippen LogP contribution in [0.3, 0.4) is 0 Å². The SMILES string of the molecule is C[C@]12CC[C@H](O)[C@H](O)C1CC[C@@H]1[C@@H]2[C@@H](F)C[C@@]2(C)[C@H]1CCCN2C(=O)c1c(F)cccc1F. The number of piperidine rings is 1. The molecule has 4 aliphatic rings. The number of hydrogen-bond acceptors (Lipinski definition) is 3. The van der Waals surface area contributed by atoms with Gasteiger partial charge in [0.1, 0.15) is 23.4 Å². The Bertz CT molecular complexity index is 923. The zero-order valence-corrected chi connectivity index (χ0v) is 19.3. The van der Waals surface area contributed by atoms with Crippen molar-refractivity contribution < 1.29 is 28.2 Å². The molecule has 4 fully saturated rings. The monoisotopic (exact) mass is 465 g/mol. The number of nitrogens with zero attached hydrogens (tertiary/aromatic N) is 1. The van der Waals surface area contributed by atoms with Crippen molar-refractivity contribution >= 4 is 5.91 Å². The van der Waals surface area contributed by atoms with Gasteiger partial charge in [-0.1, -0.05) is 13.0 Å². The summed E-state index contributed by atoms with van der Waals surface area (Å²) in [6.07, 6.45) is 1.48. The Labute approximate surface area is 193 Å². The van der Waals surface area contributed by atoms with Crippen molar-refractivity contribution in [1.29, 1.82) is 0 Å². The number of aliphatic hydroxyl groups excluding tert-OH is 2. The predicted octanol–water partition coefficient (Wildman–Crippen LogP) is 4.48. The number of carbonyl (C=O) groups is 1. The summed E-state index contributed by atoms with van der Waals surface area (Å²) < 4.78 is 45.0. The Hall–Kier alpha value is -1.60. The molecule has 2 N–H and O–H groups in total. The fraction of sp³-hybridized carbons (Fsp3) is 0.731. The molecule has 0 radical (unpaired) electrons. The first kappa shape index (κ1) is 23.2. The third kappa shape index (κ3) is 3.28. The number of halogens is 3. The number of benzene rings is 1. The summed E-state index contributed by atoms with van der Waals surface area (Å²) in [4.78, 5) is 14.9. The maximum atomic E-state index is 16.1. The minimum atomic E-state index is -1.19. The molecule has 0 bridgehead atoms. The van der Waals surface area contributed by atoms with Crippen LogP contribution in [-0.2, 0) is 0 Å². The van der Waals surface area contributed by atoms with E-state index in [9.17, 15) is 23.8 Å². The number of amides is 1. The zero-order chi connectivity index (χ0) is 23.7. The molecule has 7 heteroatoms. The second-order valence-corrected chi connectivity index (χ2v) is 11.4. The van der Waals surface area contributed by atoms with E-state index >= 15 is 4.39 Å². The van der Waals surface area contributed by atoms with E-state index < -0.39 is 52.4 Å². The van der Waals surface area contributed by atoms with Crippen LogP contribution in [0.2, 0.25) is 0 Å². The molecule has 1 aliphatic heterocycles. The molecule has 1 unspecified atom stereocenters. The van der Waals surface area contributed by atoms with E-state index in [0.29, 0.717) is 32.2 Å². The van der Waals surface area contributed by atoms with E-state index in [1.165, 1.54) is 6.07 Å². The first-order valence-electron chi connectivity index (χ1n) is 12.4. The van der Waals surface area contributed by atoms with Gasteiger partial charge in [-0.25, -0.2) is 13.2 Å². The Kier molecular flexibility index (Phi) is 5.60. The molecule has 3 aliphatic carbocycles. The molecule has 0 aromatic heterocycles. The number of carbonyl (C=O) groups excluding carboxylic acids is 1. The molecular formula is C26H34F3NO3. The van der Waals surface area contributed by atoms with Crippen LogP contribution in [0.5, 0.6) is 0 Å². The fourth-order valence-electron chi connectivity index (χ4n) is 8.43. The molecule has 1 amide bonds. The van der Waals surface area contributed by atoms with E-state index in [1.54, 1.807) is 4.90 Å².